The lowest BCUT2D eigenvalue weighted by molar-refractivity contribution is 0.211. The molecule has 0 aliphatic carbocycles. The van der Waals surface area contributed by atoms with E-state index in [-0.39, 0.29) is 6.10 Å². The third-order valence-electron chi connectivity index (χ3n) is 1.76. The lowest BCUT2D eigenvalue weighted by Crippen LogP contribution is -2.06. The summed E-state index contributed by atoms with van der Waals surface area (Å²) in [7, 11) is 1.58. The Hall–Kier alpha value is -1.69. The van der Waals surface area contributed by atoms with Crippen LogP contribution in [0.3, 0.4) is 0 Å². The fraction of sp³-hybridized carbons (Fsp3) is 0.364. The van der Waals surface area contributed by atoms with Crippen molar-refractivity contribution in [2.24, 2.45) is 0 Å². The Morgan fingerprint density at radius 3 is 2.64 bits per heavy atom. The van der Waals surface area contributed by atoms with Gasteiger partial charge in [0.2, 0.25) is 0 Å². The van der Waals surface area contributed by atoms with Crippen molar-refractivity contribution in [3.8, 4) is 6.26 Å². The quantitative estimate of drug-likeness (QED) is 0.383. The Labute approximate surface area is 84.9 Å². The number of hydrogen-bond acceptors (Lipinski definition) is 3. The van der Waals surface area contributed by atoms with Gasteiger partial charge in [-0.05, 0) is 31.6 Å². The Morgan fingerprint density at radius 1 is 1.57 bits per heavy atom. The second kappa shape index (κ2) is 6.79. The summed E-state index contributed by atoms with van der Waals surface area (Å²) in [6.07, 6.45) is 6.60. The summed E-state index contributed by atoms with van der Waals surface area (Å²) in [5.74, 6) is 0.686. The van der Waals surface area contributed by atoms with Crippen LogP contribution in [0, 0.1) is 11.5 Å². The van der Waals surface area contributed by atoms with Gasteiger partial charge >= 0.3 is 0 Å². The number of nitrogens with zero attached hydrogens (tertiary/aromatic N) is 1. The summed E-state index contributed by atoms with van der Waals surface area (Å²) >= 11 is 0. The van der Waals surface area contributed by atoms with E-state index in [9.17, 15) is 0 Å². The highest BCUT2D eigenvalue weighted by Crippen LogP contribution is 2.09. The number of ether oxygens (including phenoxy) is 2. The zero-order valence-corrected chi connectivity index (χ0v) is 8.78. The number of hydrogen-bond donors (Lipinski definition) is 0. The van der Waals surface area contributed by atoms with E-state index in [0.717, 1.165) is 5.57 Å². The Kier molecular flexibility index (Phi) is 5.97. The predicted octanol–water partition coefficient (Wildman–Crippen LogP) is 2.54. The van der Waals surface area contributed by atoms with Gasteiger partial charge in [-0.25, -0.2) is 0 Å². The van der Waals surface area contributed by atoms with Gasteiger partial charge in [-0.2, -0.15) is 5.26 Å². The monoisotopic (exact) mass is 193 g/mol. The van der Waals surface area contributed by atoms with Crippen LogP contribution in [-0.4, -0.2) is 13.2 Å². The van der Waals surface area contributed by atoms with Gasteiger partial charge < -0.3 is 9.47 Å². The van der Waals surface area contributed by atoms with Crippen LogP contribution in [-0.2, 0) is 9.47 Å². The topological polar surface area (TPSA) is 42.2 Å². The summed E-state index contributed by atoms with van der Waals surface area (Å²) in [6.45, 7) is 7.24. The molecule has 0 N–H and O–H groups in total. The first-order chi connectivity index (χ1) is 6.65. The van der Waals surface area contributed by atoms with Crippen LogP contribution < -0.4 is 0 Å². The molecular weight excluding hydrogens is 178 g/mol. The fourth-order valence-corrected chi connectivity index (χ4v) is 0.805. The minimum atomic E-state index is -0.233. The Balaban J connectivity index is 4.56. The van der Waals surface area contributed by atoms with E-state index in [1.54, 1.807) is 32.4 Å². The number of nitriles is 1. The van der Waals surface area contributed by atoms with Gasteiger partial charge in [-0.3, -0.25) is 0 Å². The van der Waals surface area contributed by atoms with Crippen molar-refractivity contribution >= 4 is 0 Å². The maximum Gasteiger partial charge on any atom is 0.286 e. The first-order valence-corrected chi connectivity index (χ1v) is 4.25. The molecule has 1 atom stereocenters. The van der Waals surface area contributed by atoms with E-state index in [1.165, 1.54) is 0 Å². The van der Waals surface area contributed by atoms with Crippen molar-refractivity contribution in [2.75, 3.05) is 7.11 Å². The van der Waals surface area contributed by atoms with Crippen molar-refractivity contribution < 1.29 is 9.47 Å². The molecule has 0 rings (SSSR count). The molecule has 0 fully saturated rings. The maximum atomic E-state index is 8.32. The average Bonchev–Trinajstić information content (AvgIpc) is 2.17. The molecule has 3 nitrogen and oxygen atoms in total. The van der Waals surface area contributed by atoms with Gasteiger partial charge in [-0.1, -0.05) is 12.7 Å². The first kappa shape index (κ1) is 12.3. The van der Waals surface area contributed by atoms with Crippen molar-refractivity contribution in [1.29, 1.82) is 5.26 Å². The van der Waals surface area contributed by atoms with E-state index >= 15 is 0 Å². The molecule has 1 unspecified atom stereocenters. The largest absolute Gasteiger partial charge is 0.497 e. The molecular formula is C11H15NO2. The normalized spacial score (nSPS) is 14.1. The van der Waals surface area contributed by atoms with Crippen LogP contribution >= 0.6 is 0 Å². The number of methoxy groups -OCH3 is 1. The van der Waals surface area contributed by atoms with Gasteiger partial charge in [0.1, 0.15) is 11.9 Å². The average molecular weight is 193 g/mol. The summed E-state index contributed by atoms with van der Waals surface area (Å²) in [5.41, 5.74) is 0.918. The molecule has 0 aromatic rings. The molecule has 0 radical (unpaired) electrons. The van der Waals surface area contributed by atoms with Crippen LogP contribution in [0.5, 0.6) is 0 Å². The third-order valence-corrected chi connectivity index (χ3v) is 1.76. The van der Waals surface area contributed by atoms with E-state index in [0.29, 0.717) is 5.76 Å². The van der Waals surface area contributed by atoms with Gasteiger partial charge in [0.15, 0.2) is 0 Å². The standard InChI is InChI=1S/C11H15NO2/c1-5-6-11(13-4)7-9(2)10(3)14-8-12/h5-7,10H,1H2,2-4H3/b9-7-,11-6+. The highest BCUT2D eigenvalue weighted by atomic mass is 16.5. The molecule has 76 valence electrons. The molecule has 0 saturated carbocycles. The van der Waals surface area contributed by atoms with E-state index in [1.807, 2.05) is 13.0 Å². The SMILES string of the molecule is C=C/C=C(\C=C(\C)C(C)OC#N)OC. The molecule has 0 aliphatic heterocycles. The third kappa shape index (κ3) is 4.36. The van der Waals surface area contributed by atoms with E-state index < -0.39 is 0 Å². The smallest absolute Gasteiger partial charge is 0.286 e. The Bertz CT molecular complexity index is 284. The number of allylic oxidation sites excluding steroid dienone is 3. The Morgan fingerprint density at radius 2 is 2.21 bits per heavy atom. The fourth-order valence-electron chi connectivity index (χ4n) is 0.805. The van der Waals surface area contributed by atoms with Crippen LogP contribution in [0.25, 0.3) is 0 Å². The van der Waals surface area contributed by atoms with Gasteiger partial charge in [0.25, 0.3) is 6.26 Å². The van der Waals surface area contributed by atoms with Crippen LogP contribution in [0.1, 0.15) is 13.8 Å². The molecule has 0 saturated heterocycles. The summed E-state index contributed by atoms with van der Waals surface area (Å²) in [4.78, 5) is 0. The summed E-state index contributed by atoms with van der Waals surface area (Å²) < 4.78 is 9.82. The van der Waals surface area contributed by atoms with Gasteiger partial charge in [-0.15, -0.1) is 0 Å². The lowest BCUT2D eigenvalue weighted by atomic mass is 10.1. The molecule has 0 aromatic heterocycles. The van der Waals surface area contributed by atoms with Gasteiger partial charge in [0, 0.05) is 0 Å². The second-order valence-corrected chi connectivity index (χ2v) is 2.75. The van der Waals surface area contributed by atoms with Crippen LogP contribution in [0.2, 0.25) is 0 Å². The van der Waals surface area contributed by atoms with E-state index in [4.69, 9.17) is 14.7 Å². The molecule has 14 heavy (non-hydrogen) atoms. The molecule has 0 aliphatic rings. The molecule has 0 heterocycles. The van der Waals surface area contributed by atoms with Crippen molar-refractivity contribution in [3.63, 3.8) is 0 Å². The number of rotatable bonds is 5. The highest BCUT2D eigenvalue weighted by Gasteiger charge is 2.04. The zero-order valence-electron chi connectivity index (χ0n) is 8.78. The minimum Gasteiger partial charge on any atom is -0.497 e. The molecule has 3 heteroatoms. The van der Waals surface area contributed by atoms with Crippen molar-refractivity contribution in [1.82, 2.24) is 0 Å². The van der Waals surface area contributed by atoms with Gasteiger partial charge in [0.05, 0.1) is 7.11 Å². The molecule has 0 amide bonds. The maximum absolute atomic E-state index is 8.32. The molecule has 0 spiro atoms. The molecule has 0 aromatic carbocycles. The first-order valence-electron chi connectivity index (χ1n) is 4.25. The summed E-state index contributed by atoms with van der Waals surface area (Å²) in [6, 6.07) is 0. The van der Waals surface area contributed by atoms with E-state index in [2.05, 4.69) is 6.58 Å². The zero-order chi connectivity index (χ0) is 11.0. The lowest BCUT2D eigenvalue weighted by Gasteiger charge is -2.09. The highest BCUT2D eigenvalue weighted by molar-refractivity contribution is 5.22. The molecule has 0 bridgehead atoms. The van der Waals surface area contributed by atoms with Crippen molar-refractivity contribution in [3.05, 3.63) is 36.1 Å². The van der Waals surface area contributed by atoms with Crippen LogP contribution in [0.4, 0.5) is 0 Å². The second-order valence-electron chi connectivity index (χ2n) is 2.75. The summed E-state index contributed by atoms with van der Waals surface area (Å²) in [5, 5.41) is 8.32. The minimum absolute atomic E-state index is 0.233. The predicted molar refractivity (Wildman–Crippen MR) is 55.2 cm³/mol. The van der Waals surface area contributed by atoms with Crippen LogP contribution in [0.15, 0.2) is 36.1 Å². The van der Waals surface area contributed by atoms with Crippen molar-refractivity contribution in [2.45, 2.75) is 20.0 Å².